The molecule has 5 nitrogen and oxygen atoms in total. The Morgan fingerprint density at radius 2 is 2.14 bits per heavy atom. The van der Waals surface area contributed by atoms with Gasteiger partial charge in [0.1, 0.15) is 24.3 Å². The molecule has 28 heavy (non-hydrogen) atoms. The van der Waals surface area contributed by atoms with Crippen LogP contribution in [0, 0.1) is 5.82 Å². The number of amides is 1. The number of aromatic nitrogens is 1. The van der Waals surface area contributed by atoms with Crippen molar-refractivity contribution in [3.8, 4) is 5.75 Å². The van der Waals surface area contributed by atoms with Crippen LogP contribution in [0.5, 0.6) is 5.75 Å². The predicted molar refractivity (Wildman–Crippen MR) is 104 cm³/mol. The van der Waals surface area contributed by atoms with Gasteiger partial charge in [-0.2, -0.15) is 0 Å². The van der Waals surface area contributed by atoms with Crippen LogP contribution in [0.4, 0.5) is 4.39 Å². The Kier molecular flexibility index (Phi) is 5.64. The first-order valence-corrected chi connectivity index (χ1v) is 9.89. The number of halogens is 1. The zero-order chi connectivity index (χ0) is 19.3. The maximum Gasteiger partial charge on any atom is 0.254 e. The quantitative estimate of drug-likeness (QED) is 0.650. The Morgan fingerprint density at radius 1 is 1.29 bits per heavy atom. The van der Waals surface area contributed by atoms with E-state index in [-0.39, 0.29) is 17.8 Å². The lowest BCUT2D eigenvalue weighted by Gasteiger charge is -2.33. The van der Waals surface area contributed by atoms with Crippen molar-refractivity contribution < 1.29 is 18.7 Å². The van der Waals surface area contributed by atoms with Crippen LogP contribution in [0.15, 0.2) is 59.4 Å². The van der Waals surface area contributed by atoms with E-state index in [0.717, 1.165) is 11.3 Å². The van der Waals surface area contributed by atoms with E-state index in [4.69, 9.17) is 9.47 Å². The number of carbonyl (C=O) groups excluding carboxylic acids is 1. The molecular formula is C21H19FN2O3S. The second kappa shape index (κ2) is 8.50. The molecule has 0 aliphatic carbocycles. The summed E-state index contributed by atoms with van der Waals surface area (Å²) in [6, 6.07) is 13.4. The van der Waals surface area contributed by atoms with Crippen LogP contribution in [0.25, 0.3) is 0 Å². The van der Waals surface area contributed by atoms with Crippen molar-refractivity contribution in [2.24, 2.45) is 0 Å². The van der Waals surface area contributed by atoms with Gasteiger partial charge in [-0.15, -0.1) is 11.3 Å². The van der Waals surface area contributed by atoms with Crippen molar-refractivity contribution in [2.45, 2.75) is 12.7 Å². The molecule has 2 heterocycles. The van der Waals surface area contributed by atoms with Gasteiger partial charge < -0.3 is 14.4 Å². The van der Waals surface area contributed by atoms with E-state index in [2.05, 4.69) is 4.98 Å². The Morgan fingerprint density at radius 3 is 2.93 bits per heavy atom. The van der Waals surface area contributed by atoms with Crippen LogP contribution < -0.4 is 4.74 Å². The van der Waals surface area contributed by atoms with Crippen LogP contribution in [0.2, 0.25) is 0 Å². The van der Waals surface area contributed by atoms with Gasteiger partial charge in [0.05, 0.1) is 24.4 Å². The smallest absolute Gasteiger partial charge is 0.254 e. The van der Waals surface area contributed by atoms with E-state index in [1.54, 1.807) is 34.7 Å². The molecule has 1 aliphatic rings. The summed E-state index contributed by atoms with van der Waals surface area (Å²) in [5.74, 6) is 0.263. The van der Waals surface area contributed by atoms with Crippen molar-refractivity contribution in [3.63, 3.8) is 0 Å². The maximum atomic E-state index is 13.2. The molecule has 0 saturated carbocycles. The molecule has 7 heteroatoms. The van der Waals surface area contributed by atoms with Gasteiger partial charge in [0.25, 0.3) is 5.91 Å². The zero-order valence-corrected chi connectivity index (χ0v) is 15.9. The lowest BCUT2D eigenvalue weighted by atomic mass is 10.1. The van der Waals surface area contributed by atoms with E-state index < -0.39 is 0 Å². The summed E-state index contributed by atoms with van der Waals surface area (Å²) in [7, 11) is 0. The Hall–Kier alpha value is -2.77. The zero-order valence-electron chi connectivity index (χ0n) is 15.1. The molecule has 1 aromatic heterocycles. The summed E-state index contributed by atoms with van der Waals surface area (Å²) in [6.07, 6.45) is -0.262. The molecule has 0 spiro atoms. The number of ether oxygens (including phenoxy) is 2. The van der Waals surface area contributed by atoms with Gasteiger partial charge in [0.2, 0.25) is 0 Å². The molecule has 144 valence electrons. The van der Waals surface area contributed by atoms with Gasteiger partial charge >= 0.3 is 0 Å². The fourth-order valence-corrected chi connectivity index (χ4v) is 3.62. The lowest BCUT2D eigenvalue weighted by Crippen LogP contribution is -2.42. The number of benzene rings is 2. The molecule has 0 N–H and O–H groups in total. The summed E-state index contributed by atoms with van der Waals surface area (Å²) < 4.78 is 24.7. The fraction of sp³-hybridized carbons (Fsp3) is 0.238. The molecule has 4 rings (SSSR count). The molecule has 1 saturated heterocycles. The monoisotopic (exact) mass is 398 g/mol. The van der Waals surface area contributed by atoms with Gasteiger partial charge in [0.15, 0.2) is 0 Å². The first-order valence-electron chi connectivity index (χ1n) is 8.95. The molecule has 1 unspecified atom stereocenters. The van der Waals surface area contributed by atoms with Crippen LogP contribution in [-0.4, -0.2) is 35.5 Å². The van der Waals surface area contributed by atoms with Crippen LogP contribution in [-0.2, 0) is 11.3 Å². The Bertz CT molecular complexity index is 931. The third-order valence-corrected chi connectivity index (χ3v) is 5.18. The number of hydrogen-bond acceptors (Lipinski definition) is 5. The van der Waals surface area contributed by atoms with Crippen molar-refractivity contribution in [1.82, 2.24) is 9.88 Å². The average molecular weight is 398 g/mol. The van der Waals surface area contributed by atoms with Gasteiger partial charge in [-0.25, -0.2) is 9.37 Å². The van der Waals surface area contributed by atoms with E-state index >= 15 is 0 Å². The topological polar surface area (TPSA) is 51.7 Å². The number of rotatable bonds is 5. The normalized spacial score (nSPS) is 16.8. The number of morpholine rings is 1. The average Bonchev–Trinajstić information content (AvgIpc) is 3.26. The van der Waals surface area contributed by atoms with Gasteiger partial charge in [0, 0.05) is 17.5 Å². The third-order valence-electron chi connectivity index (χ3n) is 4.55. The van der Waals surface area contributed by atoms with Crippen molar-refractivity contribution >= 4 is 17.2 Å². The van der Waals surface area contributed by atoms with E-state index in [1.165, 1.54) is 23.5 Å². The molecule has 0 bridgehead atoms. The highest BCUT2D eigenvalue weighted by atomic mass is 32.1. The predicted octanol–water partition coefficient (Wildman–Crippen LogP) is 4.07. The summed E-state index contributed by atoms with van der Waals surface area (Å²) >= 11 is 1.52. The molecule has 1 fully saturated rings. The van der Waals surface area contributed by atoms with Gasteiger partial charge in [-0.05, 0) is 35.9 Å². The van der Waals surface area contributed by atoms with Crippen molar-refractivity contribution in [3.05, 3.63) is 82.1 Å². The lowest BCUT2D eigenvalue weighted by molar-refractivity contribution is -0.0228. The van der Waals surface area contributed by atoms with Crippen LogP contribution in [0.3, 0.4) is 0 Å². The minimum absolute atomic E-state index is 0.0745. The molecule has 0 radical (unpaired) electrons. The molecular weight excluding hydrogens is 379 g/mol. The van der Waals surface area contributed by atoms with Crippen LogP contribution >= 0.6 is 11.3 Å². The number of hydrogen-bond donors (Lipinski definition) is 0. The highest BCUT2D eigenvalue weighted by molar-refractivity contribution is 7.07. The Balaban J connectivity index is 1.43. The van der Waals surface area contributed by atoms with Gasteiger partial charge in [-0.1, -0.05) is 18.2 Å². The van der Waals surface area contributed by atoms with Gasteiger partial charge in [-0.3, -0.25) is 4.79 Å². The first kappa shape index (κ1) is 18.6. The van der Waals surface area contributed by atoms with Crippen LogP contribution in [0.1, 0.15) is 27.7 Å². The molecule has 1 aliphatic heterocycles. The largest absolute Gasteiger partial charge is 0.487 e. The molecule has 1 atom stereocenters. The highest BCUT2D eigenvalue weighted by Crippen LogP contribution is 2.24. The maximum absolute atomic E-state index is 13.2. The van der Waals surface area contributed by atoms with E-state index in [1.807, 2.05) is 17.5 Å². The molecule has 2 aromatic carbocycles. The first-order chi connectivity index (χ1) is 13.7. The number of nitrogens with zero attached hydrogens (tertiary/aromatic N) is 2. The minimum Gasteiger partial charge on any atom is -0.487 e. The minimum atomic E-state index is -0.290. The standard InChI is InChI=1S/C21H19FN2O3S/c22-17-6-4-15(5-7-17)20-11-24(8-9-26-20)21(25)16-2-1-3-19(10-16)27-12-18-13-28-14-23-18/h1-7,10,13-14,20H,8-9,11-12H2. The summed E-state index contributed by atoms with van der Waals surface area (Å²) in [5.41, 5.74) is 4.04. The third kappa shape index (κ3) is 4.37. The molecule has 3 aromatic rings. The summed E-state index contributed by atoms with van der Waals surface area (Å²) in [6.45, 7) is 1.74. The highest BCUT2D eigenvalue weighted by Gasteiger charge is 2.26. The van der Waals surface area contributed by atoms with E-state index in [0.29, 0.717) is 37.6 Å². The van der Waals surface area contributed by atoms with E-state index in [9.17, 15) is 9.18 Å². The number of carbonyl (C=O) groups is 1. The number of thiazole rings is 1. The Labute approximate surface area is 166 Å². The fourth-order valence-electron chi connectivity index (χ4n) is 3.08. The van der Waals surface area contributed by atoms with Crippen molar-refractivity contribution in [2.75, 3.05) is 19.7 Å². The second-order valence-corrected chi connectivity index (χ2v) is 7.18. The van der Waals surface area contributed by atoms with Crippen molar-refractivity contribution in [1.29, 1.82) is 0 Å². The summed E-state index contributed by atoms with van der Waals surface area (Å²) in [4.78, 5) is 18.9. The second-order valence-electron chi connectivity index (χ2n) is 6.46. The summed E-state index contributed by atoms with van der Waals surface area (Å²) in [5, 5.41) is 1.93. The SMILES string of the molecule is O=C(c1cccc(OCc2cscn2)c1)N1CCOC(c2ccc(F)cc2)C1. The molecule has 1 amide bonds.